The van der Waals surface area contributed by atoms with Gasteiger partial charge in [0.1, 0.15) is 0 Å². The van der Waals surface area contributed by atoms with Crippen LogP contribution in [0, 0.1) is 12.3 Å². The summed E-state index contributed by atoms with van der Waals surface area (Å²) in [4.78, 5) is 11.6. The summed E-state index contributed by atoms with van der Waals surface area (Å²) in [5.41, 5.74) is 0. The first-order valence-corrected chi connectivity index (χ1v) is 5.64. The van der Waals surface area contributed by atoms with Crippen molar-refractivity contribution in [2.75, 3.05) is 20.3 Å². The van der Waals surface area contributed by atoms with E-state index in [1.807, 2.05) is 13.8 Å². The molecule has 0 bridgehead atoms. The van der Waals surface area contributed by atoms with Gasteiger partial charge in [0.15, 0.2) is 0 Å². The number of hydrogen-bond donors (Lipinski definition) is 2. The molecule has 0 spiro atoms. The minimum Gasteiger partial charge on any atom is -0.385 e. The van der Waals surface area contributed by atoms with Gasteiger partial charge in [0.2, 0.25) is 5.91 Å². The predicted molar refractivity (Wildman–Crippen MR) is 65.0 cm³/mol. The summed E-state index contributed by atoms with van der Waals surface area (Å²) in [5, 5.41) is 5.90. The Morgan fingerprint density at radius 1 is 1.56 bits per heavy atom. The topological polar surface area (TPSA) is 50.4 Å². The van der Waals surface area contributed by atoms with Crippen LogP contribution in [0.3, 0.4) is 0 Å². The van der Waals surface area contributed by atoms with Crippen LogP contribution in [-0.2, 0) is 9.53 Å². The van der Waals surface area contributed by atoms with Gasteiger partial charge in [-0.25, -0.2) is 0 Å². The number of ether oxygens (including phenoxy) is 1. The van der Waals surface area contributed by atoms with Crippen molar-refractivity contribution in [3.8, 4) is 12.3 Å². The van der Waals surface area contributed by atoms with E-state index < -0.39 is 0 Å². The van der Waals surface area contributed by atoms with Crippen LogP contribution in [0.15, 0.2) is 0 Å². The third kappa shape index (κ3) is 6.44. The summed E-state index contributed by atoms with van der Waals surface area (Å²) in [6.07, 6.45) is 6.95. The van der Waals surface area contributed by atoms with Crippen molar-refractivity contribution >= 4 is 5.91 Å². The molecule has 4 heteroatoms. The fourth-order valence-corrected chi connectivity index (χ4v) is 1.24. The molecule has 0 radical (unpaired) electrons. The zero-order valence-corrected chi connectivity index (χ0v) is 10.4. The lowest BCUT2D eigenvalue weighted by Crippen LogP contribution is -2.46. The van der Waals surface area contributed by atoms with Gasteiger partial charge in [0.05, 0.1) is 12.1 Å². The molecular weight excluding hydrogens is 204 g/mol. The van der Waals surface area contributed by atoms with Crippen molar-refractivity contribution < 1.29 is 9.53 Å². The first-order valence-electron chi connectivity index (χ1n) is 5.64. The molecule has 0 rings (SSSR count). The molecule has 0 aliphatic heterocycles. The zero-order chi connectivity index (χ0) is 12.4. The van der Waals surface area contributed by atoms with Crippen molar-refractivity contribution in [1.29, 1.82) is 0 Å². The van der Waals surface area contributed by atoms with E-state index in [0.29, 0.717) is 13.2 Å². The van der Waals surface area contributed by atoms with Crippen molar-refractivity contribution in [3.05, 3.63) is 0 Å². The molecule has 0 saturated carbocycles. The molecule has 2 atom stereocenters. The highest BCUT2D eigenvalue weighted by Crippen LogP contribution is 1.92. The lowest BCUT2D eigenvalue weighted by atomic mass is 10.2. The van der Waals surface area contributed by atoms with E-state index in [1.165, 1.54) is 0 Å². The highest BCUT2D eigenvalue weighted by molar-refractivity contribution is 5.81. The first-order chi connectivity index (χ1) is 7.65. The second-order valence-electron chi connectivity index (χ2n) is 3.65. The summed E-state index contributed by atoms with van der Waals surface area (Å²) >= 11 is 0. The van der Waals surface area contributed by atoms with Gasteiger partial charge in [0.25, 0.3) is 0 Å². The van der Waals surface area contributed by atoms with E-state index in [2.05, 4.69) is 16.6 Å². The fraction of sp³-hybridized carbons (Fsp3) is 0.750. The molecule has 4 nitrogen and oxygen atoms in total. The molecule has 0 aromatic carbocycles. The van der Waals surface area contributed by atoms with Gasteiger partial charge >= 0.3 is 0 Å². The molecule has 1 amide bonds. The van der Waals surface area contributed by atoms with E-state index in [-0.39, 0.29) is 18.0 Å². The average molecular weight is 226 g/mol. The summed E-state index contributed by atoms with van der Waals surface area (Å²) in [6, 6.07) is -0.303. The molecule has 0 aromatic rings. The molecule has 0 saturated heterocycles. The number of methoxy groups -OCH3 is 1. The molecule has 92 valence electrons. The quantitative estimate of drug-likeness (QED) is 0.469. The lowest BCUT2D eigenvalue weighted by molar-refractivity contribution is -0.122. The Balaban J connectivity index is 3.77. The van der Waals surface area contributed by atoms with E-state index in [1.54, 1.807) is 7.11 Å². The van der Waals surface area contributed by atoms with Crippen LogP contribution in [-0.4, -0.2) is 38.3 Å². The number of hydrogen-bond acceptors (Lipinski definition) is 3. The molecule has 16 heavy (non-hydrogen) atoms. The van der Waals surface area contributed by atoms with Crippen molar-refractivity contribution in [2.24, 2.45) is 0 Å². The maximum absolute atomic E-state index is 11.6. The van der Waals surface area contributed by atoms with Gasteiger partial charge in [-0.1, -0.05) is 12.8 Å². The van der Waals surface area contributed by atoms with Crippen molar-refractivity contribution in [2.45, 2.75) is 38.8 Å². The van der Waals surface area contributed by atoms with Crippen LogP contribution >= 0.6 is 0 Å². The van der Waals surface area contributed by atoms with Gasteiger partial charge in [-0.05, 0) is 19.8 Å². The van der Waals surface area contributed by atoms with Crippen LogP contribution in [0.2, 0.25) is 0 Å². The molecule has 2 unspecified atom stereocenters. The molecular formula is C12H22N2O2. The van der Waals surface area contributed by atoms with E-state index in [9.17, 15) is 4.79 Å². The number of carbonyl (C=O) groups excluding carboxylic acids is 1. The normalized spacial score (nSPS) is 13.9. The predicted octanol–water partition coefficient (Wildman–Crippen LogP) is 0.529. The van der Waals surface area contributed by atoms with E-state index in [4.69, 9.17) is 11.2 Å². The highest BCUT2D eigenvalue weighted by Gasteiger charge is 2.14. The molecule has 2 N–H and O–H groups in total. The Bertz CT molecular complexity index is 236. The summed E-state index contributed by atoms with van der Waals surface area (Å²) in [7, 11) is 1.64. The molecule has 0 heterocycles. The minimum atomic E-state index is -0.261. The lowest BCUT2D eigenvalue weighted by Gasteiger charge is -2.17. The van der Waals surface area contributed by atoms with E-state index in [0.717, 1.165) is 12.8 Å². The monoisotopic (exact) mass is 226 g/mol. The SMILES string of the molecule is C#CC(CC)NC(C)C(=O)NCCCOC. The third-order valence-electron chi connectivity index (χ3n) is 2.28. The maximum Gasteiger partial charge on any atom is 0.236 e. The number of amides is 1. The first kappa shape index (κ1) is 14.9. The molecule has 0 aliphatic carbocycles. The number of nitrogens with one attached hydrogen (secondary N) is 2. The zero-order valence-electron chi connectivity index (χ0n) is 10.4. The Kier molecular flexibility index (Phi) is 8.59. The van der Waals surface area contributed by atoms with E-state index >= 15 is 0 Å². The standard InChI is InChI=1S/C12H22N2O2/c1-5-11(6-2)14-10(3)12(15)13-8-7-9-16-4/h1,10-11,14H,6-9H2,2-4H3,(H,13,15). The van der Waals surface area contributed by atoms with Gasteiger partial charge in [-0.15, -0.1) is 6.42 Å². The van der Waals surface area contributed by atoms with Crippen molar-refractivity contribution in [3.63, 3.8) is 0 Å². The Labute approximate surface area is 98.1 Å². The average Bonchev–Trinajstić information content (AvgIpc) is 2.30. The highest BCUT2D eigenvalue weighted by atomic mass is 16.5. The number of rotatable bonds is 8. The van der Waals surface area contributed by atoms with Crippen LogP contribution in [0.5, 0.6) is 0 Å². The van der Waals surface area contributed by atoms with Crippen molar-refractivity contribution in [1.82, 2.24) is 10.6 Å². The van der Waals surface area contributed by atoms with Gasteiger partial charge in [-0.2, -0.15) is 0 Å². The van der Waals surface area contributed by atoms with Crippen LogP contribution in [0.1, 0.15) is 26.7 Å². The Morgan fingerprint density at radius 3 is 2.75 bits per heavy atom. The molecule has 0 fully saturated rings. The molecule has 0 aromatic heterocycles. The van der Waals surface area contributed by atoms with Gasteiger partial charge < -0.3 is 10.1 Å². The van der Waals surface area contributed by atoms with Gasteiger partial charge in [-0.3, -0.25) is 10.1 Å². The second-order valence-corrected chi connectivity index (χ2v) is 3.65. The minimum absolute atomic E-state index is 0.0233. The fourth-order valence-electron chi connectivity index (χ4n) is 1.24. The summed E-state index contributed by atoms with van der Waals surface area (Å²) < 4.78 is 4.89. The van der Waals surface area contributed by atoms with Gasteiger partial charge in [0, 0.05) is 20.3 Å². The van der Waals surface area contributed by atoms with Crippen LogP contribution in [0.25, 0.3) is 0 Å². The largest absolute Gasteiger partial charge is 0.385 e. The van der Waals surface area contributed by atoms with Crippen LogP contribution in [0.4, 0.5) is 0 Å². The molecule has 0 aliphatic rings. The van der Waals surface area contributed by atoms with Crippen LogP contribution < -0.4 is 10.6 Å². The maximum atomic E-state index is 11.6. The third-order valence-corrected chi connectivity index (χ3v) is 2.28. The Hall–Kier alpha value is -1.05. The Morgan fingerprint density at radius 2 is 2.25 bits per heavy atom. The number of terminal acetylenes is 1. The number of carbonyl (C=O) groups is 1. The second kappa shape index (κ2) is 9.20. The smallest absolute Gasteiger partial charge is 0.236 e. The summed E-state index contributed by atoms with van der Waals surface area (Å²) in [6.45, 7) is 5.09. The summed E-state index contributed by atoms with van der Waals surface area (Å²) in [5.74, 6) is 2.58.